The Hall–Kier alpha value is -1.56. The molecule has 0 unspecified atom stereocenters. The van der Waals surface area contributed by atoms with E-state index in [1.807, 2.05) is 7.74 Å². The maximum Gasteiger partial charge on any atom is 0.227 e. The van der Waals surface area contributed by atoms with E-state index in [1.54, 1.807) is 31.2 Å². The zero-order chi connectivity index (χ0) is 12.5. The van der Waals surface area contributed by atoms with Crippen LogP contribution in [-0.2, 0) is 9.84 Å². The molecule has 0 aliphatic carbocycles. The molecule has 0 spiro atoms. The van der Waals surface area contributed by atoms with Gasteiger partial charge >= 0.3 is 0 Å². The average Bonchev–Trinajstić information content (AvgIpc) is 2.78. The molecule has 86 valence electrons. The first-order valence-corrected chi connectivity index (χ1v) is 6.75. The smallest absolute Gasteiger partial charge is 0.227 e. The Morgan fingerprint density at radius 3 is 2.65 bits per heavy atom. The second-order valence-electron chi connectivity index (χ2n) is 3.68. The van der Waals surface area contributed by atoms with Crippen molar-refractivity contribution in [3.05, 3.63) is 36.0 Å². The molecule has 2 aromatic rings. The minimum absolute atomic E-state index is 0.00588. The van der Waals surface area contributed by atoms with Crippen molar-refractivity contribution in [3.63, 3.8) is 0 Å². The summed E-state index contributed by atoms with van der Waals surface area (Å²) < 4.78 is 26.0. The van der Waals surface area contributed by atoms with Crippen molar-refractivity contribution in [1.82, 2.24) is 14.9 Å². The number of benzene rings is 1. The fourth-order valence-corrected chi connectivity index (χ4v) is 2.91. The van der Waals surface area contributed by atoms with Crippen LogP contribution >= 0.6 is 0 Å². The van der Waals surface area contributed by atoms with E-state index in [9.17, 15) is 8.42 Å². The quantitative estimate of drug-likeness (QED) is 0.663. The van der Waals surface area contributed by atoms with Gasteiger partial charge in [-0.3, -0.25) is 0 Å². The molecule has 0 saturated heterocycles. The molecule has 1 aromatic carbocycles. The maximum absolute atomic E-state index is 12.3. The van der Waals surface area contributed by atoms with Crippen molar-refractivity contribution in [2.45, 2.75) is 16.8 Å². The van der Waals surface area contributed by atoms with Gasteiger partial charge in [-0.2, -0.15) is 0 Å². The lowest BCUT2D eigenvalue weighted by Gasteiger charge is -2.03. The van der Waals surface area contributed by atoms with Gasteiger partial charge in [0.25, 0.3) is 0 Å². The predicted octanol–water partition coefficient (Wildman–Crippen LogP) is -0.833. The second kappa shape index (κ2) is 4.37. The van der Waals surface area contributed by atoms with E-state index in [0.717, 1.165) is 0 Å². The van der Waals surface area contributed by atoms with Crippen molar-refractivity contribution < 1.29 is 8.42 Å². The molecule has 17 heavy (non-hydrogen) atoms. The van der Waals surface area contributed by atoms with Crippen molar-refractivity contribution in [3.8, 4) is 0 Å². The Morgan fingerprint density at radius 1 is 1.35 bits per heavy atom. The van der Waals surface area contributed by atoms with Crippen LogP contribution in [0.5, 0.6) is 0 Å². The van der Waals surface area contributed by atoms with Crippen molar-refractivity contribution in [1.29, 1.82) is 0 Å². The highest BCUT2D eigenvalue weighted by Crippen LogP contribution is 2.21. The van der Waals surface area contributed by atoms with Gasteiger partial charge < -0.3 is 4.59 Å². The number of rotatable bonds is 3. The Morgan fingerprint density at radius 2 is 2.06 bits per heavy atom. The highest BCUT2D eigenvalue weighted by molar-refractivity contribution is 7.91. The summed E-state index contributed by atoms with van der Waals surface area (Å²) in [5.74, 6) is 0. The minimum Gasteiger partial charge on any atom is -0.310 e. The number of hydrogen-bond donors (Lipinski definition) is 0. The van der Waals surface area contributed by atoms with Gasteiger partial charge in [-0.25, -0.2) is 8.42 Å². The standard InChI is InChI=1S/C9H11B2N3O2S/c1-7-4-2-3-5-8(7)17(15,16)9-6-14(11-10)13-12-9/h2-6,11H,10H2,1H3. The molecule has 1 aromatic heterocycles. The lowest BCUT2D eigenvalue weighted by atomic mass is 9.67. The summed E-state index contributed by atoms with van der Waals surface area (Å²) in [7, 11) is -1.09. The number of aromatic nitrogens is 3. The van der Waals surface area contributed by atoms with Crippen LogP contribution in [0.1, 0.15) is 5.56 Å². The van der Waals surface area contributed by atoms with Crippen LogP contribution in [0.15, 0.2) is 40.4 Å². The number of sulfone groups is 1. The van der Waals surface area contributed by atoms with Crippen LogP contribution in [-0.4, -0.2) is 38.4 Å². The summed E-state index contributed by atoms with van der Waals surface area (Å²) >= 11 is 0. The topological polar surface area (TPSA) is 64.8 Å². The molecule has 0 amide bonds. The van der Waals surface area contributed by atoms with Crippen LogP contribution < -0.4 is 0 Å². The fourth-order valence-electron chi connectivity index (χ4n) is 1.53. The predicted molar refractivity (Wildman–Crippen MR) is 67.7 cm³/mol. The van der Waals surface area contributed by atoms with Gasteiger partial charge in [0.1, 0.15) is 0 Å². The van der Waals surface area contributed by atoms with Gasteiger partial charge in [-0.05, 0) is 18.6 Å². The zero-order valence-corrected chi connectivity index (χ0v) is 10.5. The molecular formula is C9H11B2N3O2S. The molecule has 0 fully saturated rings. The van der Waals surface area contributed by atoms with Crippen LogP contribution in [0.2, 0.25) is 0 Å². The van der Waals surface area contributed by atoms with E-state index in [0.29, 0.717) is 12.9 Å². The van der Waals surface area contributed by atoms with Gasteiger partial charge in [-0.15, -0.1) is 5.10 Å². The summed E-state index contributed by atoms with van der Waals surface area (Å²) in [6.45, 7) is 1.76. The third kappa shape index (κ3) is 2.12. The molecule has 0 radical (unpaired) electrons. The van der Waals surface area contributed by atoms with Crippen molar-refractivity contribution in [2.75, 3.05) is 0 Å². The van der Waals surface area contributed by atoms with E-state index in [2.05, 4.69) is 10.3 Å². The van der Waals surface area contributed by atoms with Gasteiger partial charge in [-0.1, -0.05) is 23.4 Å². The van der Waals surface area contributed by atoms with Crippen LogP contribution in [0.25, 0.3) is 0 Å². The minimum atomic E-state index is -3.55. The average molecular weight is 247 g/mol. The van der Waals surface area contributed by atoms with Gasteiger partial charge in [0.05, 0.1) is 12.6 Å². The van der Waals surface area contributed by atoms with Crippen LogP contribution in [0.4, 0.5) is 0 Å². The summed E-state index contributed by atoms with van der Waals surface area (Å²) in [4.78, 5) is 0.281. The Balaban J connectivity index is 2.54. The Labute approximate surface area is 101 Å². The Bertz CT molecular complexity index is 639. The fraction of sp³-hybridized carbons (Fsp3) is 0.111. The maximum atomic E-state index is 12.3. The van der Waals surface area contributed by atoms with Gasteiger partial charge in [0.15, 0.2) is 0 Å². The third-order valence-corrected chi connectivity index (χ3v) is 4.27. The largest absolute Gasteiger partial charge is 0.310 e. The zero-order valence-electron chi connectivity index (χ0n) is 9.66. The molecule has 0 N–H and O–H groups in total. The van der Waals surface area contributed by atoms with Crippen molar-refractivity contribution in [2.24, 2.45) is 0 Å². The Kier molecular flexibility index (Phi) is 3.06. The SMILES string of the molecule is BBn1cc(S(=O)(=O)c2ccccc2C)nn1. The lowest BCUT2D eigenvalue weighted by Crippen LogP contribution is -2.06. The van der Waals surface area contributed by atoms with Crippen molar-refractivity contribution >= 4 is 24.9 Å². The molecule has 0 aliphatic rings. The van der Waals surface area contributed by atoms with E-state index in [1.165, 1.54) is 10.8 Å². The lowest BCUT2D eigenvalue weighted by molar-refractivity contribution is 0.591. The van der Waals surface area contributed by atoms with Gasteiger partial charge in [0.2, 0.25) is 22.2 Å². The summed E-state index contributed by atoms with van der Waals surface area (Å²) in [6.07, 6.45) is 1.45. The molecule has 5 nitrogen and oxygen atoms in total. The molecule has 0 atom stereocenters. The first-order valence-electron chi connectivity index (χ1n) is 5.26. The second-order valence-corrected chi connectivity index (χ2v) is 5.55. The highest BCUT2D eigenvalue weighted by atomic mass is 32.2. The van der Waals surface area contributed by atoms with E-state index < -0.39 is 9.84 Å². The number of hydrogen-bond acceptors (Lipinski definition) is 4. The van der Waals surface area contributed by atoms with Gasteiger partial charge in [0, 0.05) is 6.20 Å². The van der Waals surface area contributed by atoms with E-state index in [-0.39, 0.29) is 9.92 Å². The molecule has 0 aliphatic heterocycles. The molecule has 1 heterocycles. The molecule has 2 rings (SSSR count). The first kappa shape index (κ1) is 11.9. The van der Waals surface area contributed by atoms with Crippen LogP contribution in [0.3, 0.4) is 0 Å². The summed E-state index contributed by atoms with van der Waals surface area (Å²) in [5.41, 5.74) is 0.707. The van der Waals surface area contributed by atoms with Crippen LogP contribution in [0, 0.1) is 6.92 Å². The van der Waals surface area contributed by atoms with E-state index in [4.69, 9.17) is 0 Å². The molecule has 8 heteroatoms. The molecule has 0 bridgehead atoms. The molecule has 0 saturated carbocycles. The summed E-state index contributed by atoms with van der Waals surface area (Å²) in [6, 6.07) is 6.84. The van der Waals surface area contributed by atoms with E-state index >= 15 is 0 Å². The molecular weight excluding hydrogens is 236 g/mol. The monoisotopic (exact) mass is 247 g/mol. The number of nitrogens with zero attached hydrogens (tertiary/aromatic N) is 3. The third-order valence-electron chi connectivity index (χ3n) is 2.50. The summed E-state index contributed by atoms with van der Waals surface area (Å²) in [5, 5.41) is 7.44. The highest BCUT2D eigenvalue weighted by Gasteiger charge is 2.22. The normalized spacial score (nSPS) is 11.4. The number of aryl methyl sites for hydroxylation is 1. The first-order chi connectivity index (χ1) is 8.05.